The van der Waals surface area contributed by atoms with Crippen molar-refractivity contribution in [2.45, 2.75) is 19.8 Å². The summed E-state index contributed by atoms with van der Waals surface area (Å²) in [7, 11) is 0. The Bertz CT molecular complexity index is 162. The van der Waals surface area contributed by atoms with Crippen LogP contribution in [0.1, 0.15) is 19.8 Å². The van der Waals surface area contributed by atoms with Crippen LogP contribution in [0.15, 0.2) is 12.2 Å². The van der Waals surface area contributed by atoms with Crippen molar-refractivity contribution in [3.63, 3.8) is 0 Å². The second kappa shape index (κ2) is 2.98. The first-order valence-corrected chi connectivity index (χ1v) is 4.79. The van der Waals surface area contributed by atoms with E-state index in [4.69, 9.17) is 0 Å². The quantitative estimate of drug-likeness (QED) is 0.517. The topological polar surface area (TPSA) is 3.24 Å². The predicted octanol–water partition coefficient (Wildman–Crippen LogP) is 1.90. The van der Waals surface area contributed by atoms with Gasteiger partial charge in [-0.15, -0.1) is 0 Å². The Hall–Kier alpha value is -0.300. The first-order chi connectivity index (χ1) is 5.40. The van der Waals surface area contributed by atoms with Crippen molar-refractivity contribution in [2.75, 3.05) is 19.6 Å². The average molecular weight is 151 g/mol. The molecule has 1 aliphatic heterocycles. The molecule has 1 nitrogen and oxygen atoms in total. The van der Waals surface area contributed by atoms with Crippen molar-refractivity contribution in [1.82, 2.24) is 4.90 Å². The summed E-state index contributed by atoms with van der Waals surface area (Å²) < 4.78 is 0. The number of hydrogen-bond donors (Lipinski definition) is 0. The van der Waals surface area contributed by atoms with Gasteiger partial charge >= 0.3 is 0 Å². The van der Waals surface area contributed by atoms with E-state index in [1.807, 2.05) is 0 Å². The fraction of sp³-hybridized carbons (Fsp3) is 0.800. The zero-order valence-electron chi connectivity index (χ0n) is 7.29. The summed E-state index contributed by atoms with van der Waals surface area (Å²) >= 11 is 0. The molecule has 0 aromatic carbocycles. The minimum Gasteiger partial charge on any atom is -0.303 e. The highest BCUT2D eigenvalue weighted by molar-refractivity contribution is 5.04. The van der Waals surface area contributed by atoms with Gasteiger partial charge in [0.25, 0.3) is 0 Å². The van der Waals surface area contributed by atoms with Crippen LogP contribution in [0.4, 0.5) is 0 Å². The van der Waals surface area contributed by atoms with Crippen LogP contribution in [-0.2, 0) is 0 Å². The molecule has 2 rings (SSSR count). The summed E-state index contributed by atoms with van der Waals surface area (Å²) in [4.78, 5) is 2.58. The van der Waals surface area contributed by atoms with E-state index in [-0.39, 0.29) is 0 Å². The van der Waals surface area contributed by atoms with E-state index >= 15 is 0 Å². The van der Waals surface area contributed by atoms with Gasteiger partial charge in [0.2, 0.25) is 0 Å². The SMILES string of the molecule is CCN1CCC=CC2CC2C1. The van der Waals surface area contributed by atoms with Crippen LogP contribution < -0.4 is 0 Å². The number of fused-ring (bicyclic) bond motifs is 1. The molecule has 11 heavy (non-hydrogen) atoms. The monoisotopic (exact) mass is 151 g/mol. The lowest BCUT2D eigenvalue weighted by molar-refractivity contribution is 0.276. The molecule has 2 aliphatic rings. The summed E-state index contributed by atoms with van der Waals surface area (Å²) in [6.07, 6.45) is 7.51. The molecule has 1 fully saturated rings. The highest BCUT2D eigenvalue weighted by Gasteiger charge is 2.36. The van der Waals surface area contributed by atoms with E-state index in [1.54, 1.807) is 0 Å². The van der Waals surface area contributed by atoms with Gasteiger partial charge in [-0.1, -0.05) is 19.1 Å². The summed E-state index contributed by atoms with van der Waals surface area (Å²) in [5.74, 6) is 1.95. The fourth-order valence-electron chi connectivity index (χ4n) is 1.95. The first kappa shape index (κ1) is 7.35. The molecule has 2 atom stereocenters. The standard InChI is InChI=1S/C10H17N/c1-2-11-6-4-3-5-9-7-10(9)8-11/h3,5,9-10H,2,4,6-8H2,1H3. The van der Waals surface area contributed by atoms with Gasteiger partial charge in [-0.25, -0.2) is 0 Å². The van der Waals surface area contributed by atoms with Gasteiger partial charge in [-0.3, -0.25) is 0 Å². The van der Waals surface area contributed by atoms with Crippen molar-refractivity contribution in [1.29, 1.82) is 0 Å². The Labute approximate surface area is 69.1 Å². The largest absolute Gasteiger partial charge is 0.303 e. The molecule has 62 valence electrons. The van der Waals surface area contributed by atoms with E-state index < -0.39 is 0 Å². The molecule has 0 spiro atoms. The third-order valence-electron chi connectivity index (χ3n) is 2.91. The molecule has 1 aliphatic carbocycles. The highest BCUT2D eigenvalue weighted by Crippen LogP contribution is 2.40. The van der Waals surface area contributed by atoms with Crippen LogP contribution >= 0.6 is 0 Å². The van der Waals surface area contributed by atoms with Crippen LogP contribution in [0.25, 0.3) is 0 Å². The van der Waals surface area contributed by atoms with Crippen LogP contribution in [0, 0.1) is 11.8 Å². The van der Waals surface area contributed by atoms with Gasteiger partial charge < -0.3 is 4.90 Å². The van der Waals surface area contributed by atoms with Crippen molar-refractivity contribution in [2.24, 2.45) is 11.8 Å². The molecular weight excluding hydrogens is 134 g/mol. The Balaban J connectivity index is 1.93. The smallest absolute Gasteiger partial charge is 0.00159 e. The summed E-state index contributed by atoms with van der Waals surface area (Å²) in [6, 6.07) is 0. The number of nitrogens with zero attached hydrogens (tertiary/aromatic N) is 1. The number of rotatable bonds is 1. The Kier molecular flexibility index (Phi) is 1.99. The van der Waals surface area contributed by atoms with Gasteiger partial charge in [0.15, 0.2) is 0 Å². The zero-order chi connectivity index (χ0) is 7.68. The average Bonchev–Trinajstić information content (AvgIpc) is 2.67. The summed E-state index contributed by atoms with van der Waals surface area (Å²) in [5, 5.41) is 0. The summed E-state index contributed by atoms with van der Waals surface area (Å²) in [6.45, 7) is 6.13. The van der Waals surface area contributed by atoms with Gasteiger partial charge in [0.05, 0.1) is 0 Å². The molecular formula is C10H17N. The lowest BCUT2D eigenvalue weighted by Crippen LogP contribution is -2.27. The lowest BCUT2D eigenvalue weighted by Gasteiger charge is -2.20. The molecule has 0 saturated heterocycles. The highest BCUT2D eigenvalue weighted by atomic mass is 15.1. The molecule has 1 saturated carbocycles. The molecule has 0 bridgehead atoms. The molecule has 0 aromatic heterocycles. The maximum absolute atomic E-state index is 2.58. The van der Waals surface area contributed by atoms with E-state index in [9.17, 15) is 0 Å². The van der Waals surface area contributed by atoms with Crippen molar-refractivity contribution in [3.05, 3.63) is 12.2 Å². The second-order valence-electron chi connectivity index (χ2n) is 3.77. The molecule has 0 N–H and O–H groups in total. The van der Waals surface area contributed by atoms with Crippen molar-refractivity contribution in [3.8, 4) is 0 Å². The van der Waals surface area contributed by atoms with Crippen molar-refractivity contribution >= 4 is 0 Å². The van der Waals surface area contributed by atoms with E-state index in [1.165, 1.54) is 32.5 Å². The third kappa shape index (κ3) is 1.64. The maximum Gasteiger partial charge on any atom is 0.00159 e. The van der Waals surface area contributed by atoms with Gasteiger partial charge in [-0.2, -0.15) is 0 Å². The van der Waals surface area contributed by atoms with E-state index in [0.717, 1.165) is 11.8 Å². The molecule has 2 unspecified atom stereocenters. The fourth-order valence-corrected chi connectivity index (χ4v) is 1.95. The normalized spacial score (nSPS) is 37.5. The van der Waals surface area contributed by atoms with Crippen LogP contribution in [0.5, 0.6) is 0 Å². The third-order valence-corrected chi connectivity index (χ3v) is 2.91. The predicted molar refractivity (Wildman–Crippen MR) is 47.5 cm³/mol. The lowest BCUT2D eigenvalue weighted by atomic mass is 10.2. The minimum atomic E-state index is 0.948. The van der Waals surface area contributed by atoms with E-state index in [0.29, 0.717) is 0 Å². The van der Waals surface area contributed by atoms with Crippen LogP contribution in [0.2, 0.25) is 0 Å². The van der Waals surface area contributed by atoms with Gasteiger partial charge in [-0.05, 0) is 31.2 Å². The Morgan fingerprint density at radius 2 is 2.45 bits per heavy atom. The maximum atomic E-state index is 2.58. The summed E-state index contributed by atoms with van der Waals surface area (Å²) in [5.41, 5.74) is 0. The molecule has 1 heterocycles. The minimum absolute atomic E-state index is 0.948. The zero-order valence-corrected chi connectivity index (χ0v) is 7.29. The molecule has 0 amide bonds. The van der Waals surface area contributed by atoms with Gasteiger partial charge in [0, 0.05) is 13.1 Å². The Morgan fingerprint density at radius 3 is 3.27 bits per heavy atom. The van der Waals surface area contributed by atoms with Crippen molar-refractivity contribution < 1.29 is 0 Å². The molecule has 0 radical (unpaired) electrons. The number of allylic oxidation sites excluding steroid dienone is 1. The number of hydrogen-bond acceptors (Lipinski definition) is 1. The van der Waals surface area contributed by atoms with Crippen LogP contribution in [0.3, 0.4) is 0 Å². The van der Waals surface area contributed by atoms with Gasteiger partial charge in [0.1, 0.15) is 0 Å². The molecule has 0 aromatic rings. The Morgan fingerprint density at radius 1 is 1.55 bits per heavy atom. The second-order valence-corrected chi connectivity index (χ2v) is 3.77. The molecule has 1 heteroatoms. The first-order valence-electron chi connectivity index (χ1n) is 4.79. The van der Waals surface area contributed by atoms with Crippen LogP contribution in [-0.4, -0.2) is 24.5 Å². The van der Waals surface area contributed by atoms with E-state index in [2.05, 4.69) is 24.0 Å².